The van der Waals surface area contributed by atoms with Crippen LogP contribution < -0.4 is 5.73 Å². The van der Waals surface area contributed by atoms with Crippen molar-refractivity contribution in [2.45, 2.75) is 6.92 Å². The van der Waals surface area contributed by atoms with E-state index in [0.717, 1.165) is 0 Å². The Labute approximate surface area is 116 Å². The van der Waals surface area contributed by atoms with Crippen molar-refractivity contribution in [1.82, 2.24) is 4.90 Å². The molecule has 0 unspecified atom stereocenters. The molecular weight excluding hydrogens is 284 g/mol. The maximum atomic E-state index is 11.5. The number of benzene rings is 1. The Balaban J connectivity index is 0.000000246. The van der Waals surface area contributed by atoms with Crippen LogP contribution in [0.25, 0.3) is 0 Å². The standard InChI is InChI=1S/C10H9NO2.C2H3NO3S/c1-2-11-9(12)7-5-3-4-6-8(7)10(11)13;3-2(4)1-7(5)6/h3-6H,2H2,1H3;1H,(H2,3,4). The van der Waals surface area contributed by atoms with Gasteiger partial charge in [-0.05, 0) is 19.1 Å². The Kier molecular flexibility index (Phi) is 5.15. The van der Waals surface area contributed by atoms with Gasteiger partial charge in [-0.25, -0.2) is 0 Å². The summed E-state index contributed by atoms with van der Waals surface area (Å²) in [5.74, 6) is -1.31. The van der Waals surface area contributed by atoms with Gasteiger partial charge in [0.1, 0.15) is 5.37 Å². The Morgan fingerprint density at radius 2 is 1.65 bits per heavy atom. The third-order valence-corrected chi connectivity index (χ3v) is 2.83. The zero-order valence-electron chi connectivity index (χ0n) is 10.6. The molecule has 8 heteroatoms. The molecule has 0 aromatic heterocycles. The Bertz CT molecular complexity index is 651. The lowest BCUT2D eigenvalue weighted by Gasteiger charge is -2.08. The molecule has 0 saturated carbocycles. The van der Waals surface area contributed by atoms with Crippen LogP contribution in [0.5, 0.6) is 0 Å². The normalized spacial score (nSPS) is 12.3. The maximum Gasteiger partial charge on any atom is 0.261 e. The molecule has 0 bridgehead atoms. The zero-order valence-corrected chi connectivity index (χ0v) is 11.4. The molecule has 0 fully saturated rings. The number of hydrogen-bond acceptors (Lipinski definition) is 5. The van der Waals surface area contributed by atoms with Crippen LogP contribution in [0, 0.1) is 0 Å². The van der Waals surface area contributed by atoms with E-state index in [1.54, 1.807) is 31.2 Å². The zero-order chi connectivity index (χ0) is 15.3. The first-order valence-corrected chi connectivity index (χ1v) is 6.69. The second kappa shape index (κ2) is 6.62. The molecule has 1 aromatic rings. The number of imide groups is 1. The highest BCUT2D eigenvalue weighted by Gasteiger charge is 2.33. The molecule has 1 aliphatic heterocycles. The molecule has 1 aliphatic rings. The number of rotatable bonds is 2. The largest absolute Gasteiger partial charge is 0.365 e. The third-order valence-electron chi connectivity index (χ3n) is 2.41. The molecule has 2 rings (SSSR count). The quantitative estimate of drug-likeness (QED) is 0.581. The second-order valence-electron chi connectivity index (χ2n) is 3.68. The number of primary amides is 1. The highest BCUT2D eigenvalue weighted by molar-refractivity contribution is 7.73. The fourth-order valence-corrected chi connectivity index (χ4v) is 1.81. The highest BCUT2D eigenvalue weighted by atomic mass is 32.2. The van der Waals surface area contributed by atoms with Gasteiger partial charge in [0.05, 0.1) is 11.1 Å². The van der Waals surface area contributed by atoms with E-state index in [9.17, 15) is 22.8 Å². The van der Waals surface area contributed by atoms with Crippen LogP contribution in [0.15, 0.2) is 24.3 Å². The van der Waals surface area contributed by atoms with Gasteiger partial charge in [0.15, 0.2) is 0 Å². The van der Waals surface area contributed by atoms with Crippen LogP contribution in [0.4, 0.5) is 0 Å². The van der Waals surface area contributed by atoms with E-state index in [-0.39, 0.29) is 11.8 Å². The van der Waals surface area contributed by atoms with Gasteiger partial charge in [0.25, 0.3) is 17.7 Å². The van der Waals surface area contributed by atoms with E-state index < -0.39 is 16.2 Å². The first-order valence-electron chi connectivity index (χ1n) is 5.56. The van der Waals surface area contributed by atoms with Crippen LogP contribution in [-0.2, 0) is 15.1 Å². The van der Waals surface area contributed by atoms with Crippen molar-refractivity contribution >= 4 is 33.4 Å². The van der Waals surface area contributed by atoms with Gasteiger partial charge in [0, 0.05) is 6.54 Å². The summed E-state index contributed by atoms with van der Waals surface area (Å²) in [6.07, 6.45) is 0. The molecule has 0 aliphatic carbocycles. The Morgan fingerprint density at radius 3 is 1.90 bits per heavy atom. The summed E-state index contributed by atoms with van der Waals surface area (Å²) in [5.41, 5.74) is 5.45. The van der Waals surface area contributed by atoms with Gasteiger partial charge in [-0.2, -0.15) is 8.42 Å². The van der Waals surface area contributed by atoms with Gasteiger partial charge in [0.2, 0.25) is 10.3 Å². The van der Waals surface area contributed by atoms with Crippen molar-refractivity contribution in [2.24, 2.45) is 5.73 Å². The first-order chi connectivity index (χ1) is 9.38. The summed E-state index contributed by atoms with van der Waals surface area (Å²) in [5, 5.41) is 0.389. The van der Waals surface area contributed by atoms with Crippen molar-refractivity contribution in [3.63, 3.8) is 0 Å². The van der Waals surface area contributed by atoms with Crippen molar-refractivity contribution in [3.05, 3.63) is 35.4 Å². The van der Waals surface area contributed by atoms with Gasteiger partial charge >= 0.3 is 0 Å². The lowest BCUT2D eigenvalue weighted by molar-refractivity contribution is -0.111. The van der Waals surface area contributed by atoms with Gasteiger partial charge < -0.3 is 5.73 Å². The van der Waals surface area contributed by atoms with Crippen LogP contribution in [0.1, 0.15) is 27.6 Å². The van der Waals surface area contributed by atoms with E-state index >= 15 is 0 Å². The van der Waals surface area contributed by atoms with E-state index in [4.69, 9.17) is 0 Å². The second-order valence-corrected chi connectivity index (χ2v) is 4.44. The third kappa shape index (κ3) is 3.51. The number of carbonyl (C=O) groups is 3. The molecule has 0 radical (unpaired) electrons. The molecule has 0 saturated heterocycles. The lowest BCUT2D eigenvalue weighted by atomic mass is 10.1. The highest BCUT2D eigenvalue weighted by Crippen LogP contribution is 2.21. The molecular formula is C12H12N2O5S. The predicted octanol–water partition coefficient (Wildman–Crippen LogP) is -0.544. The lowest BCUT2D eigenvalue weighted by Crippen LogP contribution is -2.29. The van der Waals surface area contributed by atoms with Gasteiger partial charge in [-0.15, -0.1) is 0 Å². The first kappa shape index (κ1) is 15.6. The van der Waals surface area contributed by atoms with Crippen molar-refractivity contribution in [2.75, 3.05) is 6.54 Å². The van der Waals surface area contributed by atoms with Gasteiger partial charge in [-0.1, -0.05) is 12.1 Å². The van der Waals surface area contributed by atoms with E-state index in [1.807, 2.05) is 0 Å². The molecule has 7 nitrogen and oxygen atoms in total. The molecule has 0 spiro atoms. The number of hydrogen-bond donors (Lipinski definition) is 1. The van der Waals surface area contributed by atoms with Gasteiger partial charge in [-0.3, -0.25) is 19.3 Å². The number of amides is 3. The minimum atomic E-state index is -2.45. The van der Waals surface area contributed by atoms with Crippen LogP contribution in [0.2, 0.25) is 0 Å². The topological polar surface area (TPSA) is 115 Å². The maximum absolute atomic E-state index is 11.5. The average Bonchev–Trinajstić information content (AvgIpc) is 2.61. The number of carbonyl (C=O) groups excluding carboxylic acids is 3. The summed E-state index contributed by atoms with van der Waals surface area (Å²) in [6.45, 7) is 2.23. The Hall–Kier alpha value is -2.48. The molecule has 20 heavy (non-hydrogen) atoms. The fourth-order valence-electron chi connectivity index (χ4n) is 1.62. The molecule has 1 heterocycles. The van der Waals surface area contributed by atoms with Crippen LogP contribution >= 0.6 is 0 Å². The van der Waals surface area contributed by atoms with Crippen LogP contribution in [0.3, 0.4) is 0 Å². The minimum Gasteiger partial charge on any atom is -0.365 e. The van der Waals surface area contributed by atoms with Crippen molar-refractivity contribution < 1.29 is 22.8 Å². The summed E-state index contributed by atoms with van der Waals surface area (Å²) in [4.78, 5) is 33.9. The molecule has 2 N–H and O–H groups in total. The molecule has 106 valence electrons. The predicted molar refractivity (Wildman–Crippen MR) is 71.7 cm³/mol. The molecule has 0 atom stereocenters. The fraction of sp³-hybridized carbons (Fsp3) is 0.167. The molecule has 1 aromatic carbocycles. The number of nitrogens with zero attached hydrogens (tertiary/aromatic N) is 1. The Morgan fingerprint density at radius 1 is 1.20 bits per heavy atom. The summed E-state index contributed by atoms with van der Waals surface area (Å²) >= 11 is 0. The van der Waals surface area contributed by atoms with Crippen LogP contribution in [-0.4, -0.2) is 43.0 Å². The summed E-state index contributed by atoms with van der Waals surface area (Å²) < 4.78 is 18.9. The smallest absolute Gasteiger partial charge is 0.261 e. The van der Waals surface area contributed by atoms with E-state index in [1.165, 1.54) is 4.90 Å². The van der Waals surface area contributed by atoms with E-state index in [0.29, 0.717) is 23.0 Å². The van der Waals surface area contributed by atoms with E-state index in [2.05, 4.69) is 5.73 Å². The number of nitrogens with two attached hydrogens (primary N) is 1. The SMILES string of the molecule is CCN1C(=O)c2ccccc2C1=O.NC(=O)C=S(=O)=O. The summed E-state index contributed by atoms with van der Waals surface area (Å²) in [7, 11) is -2.45. The average molecular weight is 296 g/mol. The monoisotopic (exact) mass is 296 g/mol. The van der Waals surface area contributed by atoms with Crippen molar-refractivity contribution in [1.29, 1.82) is 0 Å². The molecule has 3 amide bonds. The summed E-state index contributed by atoms with van der Waals surface area (Å²) in [6, 6.07) is 6.91. The number of fused-ring (bicyclic) bond motifs is 1. The minimum absolute atomic E-state index is 0.178. The van der Waals surface area contributed by atoms with Crippen molar-refractivity contribution in [3.8, 4) is 0 Å².